The lowest BCUT2D eigenvalue weighted by molar-refractivity contribution is 0.932. The highest BCUT2D eigenvalue weighted by Crippen LogP contribution is 2.13. The van der Waals surface area contributed by atoms with Gasteiger partial charge in [-0.05, 0) is 26.0 Å². The van der Waals surface area contributed by atoms with Gasteiger partial charge in [-0.2, -0.15) is 5.10 Å². The molecule has 6 nitrogen and oxygen atoms in total. The monoisotopic (exact) mass is 268 g/mol. The summed E-state index contributed by atoms with van der Waals surface area (Å²) in [6.45, 7) is 4.69. The maximum Gasteiger partial charge on any atom is 0.138 e. The van der Waals surface area contributed by atoms with E-state index in [4.69, 9.17) is 0 Å². The van der Waals surface area contributed by atoms with E-state index in [-0.39, 0.29) is 0 Å². The molecule has 0 aliphatic heterocycles. The molecule has 3 aromatic rings. The second-order valence-corrected chi connectivity index (χ2v) is 4.62. The van der Waals surface area contributed by atoms with Gasteiger partial charge < -0.3 is 5.32 Å². The molecule has 0 unspecified atom stereocenters. The summed E-state index contributed by atoms with van der Waals surface area (Å²) in [5.41, 5.74) is 3.21. The molecule has 0 aliphatic carbocycles. The Bertz CT molecular complexity index is 695. The first-order valence-corrected chi connectivity index (χ1v) is 6.43. The number of hydrogen-bond acceptors (Lipinski definition) is 4. The Labute approximate surface area is 116 Å². The number of nitrogens with zero attached hydrogens (tertiary/aromatic N) is 4. The fourth-order valence-corrected chi connectivity index (χ4v) is 2.00. The molecule has 2 N–H and O–H groups in total. The summed E-state index contributed by atoms with van der Waals surface area (Å²) in [5, 5.41) is 10.3. The van der Waals surface area contributed by atoms with E-state index in [2.05, 4.69) is 25.5 Å². The fraction of sp³-hybridized carbons (Fsp3) is 0.214. The number of pyridine rings is 1. The molecule has 0 atom stereocenters. The molecule has 102 valence electrons. The van der Waals surface area contributed by atoms with E-state index in [0.29, 0.717) is 0 Å². The highest BCUT2D eigenvalue weighted by Gasteiger charge is 2.03. The van der Waals surface area contributed by atoms with Crippen LogP contribution in [-0.4, -0.2) is 24.7 Å². The first-order chi connectivity index (χ1) is 9.74. The molecule has 6 heteroatoms. The van der Waals surface area contributed by atoms with E-state index < -0.39 is 0 Å². The number of anilines is 1. The maximum atomic E-state index is 4.44. The first kappa shape index (κ1) is 12.4. The molecule has 0 aliphatic rings. The SMILES string of the molecule is Cc1[nH]ncc1CNc1ccc(-n2ccnc2C)nc1. The van der Waals surface area contributed by atoms with Gasteiger partial charge in [0.15, 0.2) is 0 Å². The van der Waals surface area contributed by atoms with Crippen LogP contribution in [0.25, 0.3) is 5.82 Å². The van der Waals surface area contributed by atoms with E-state index in [1.54, 1.807) is 6.20 Å². The number of aromatic nitrogens is 5. The standard InChI is InChI=1S/C14H16N6/c1-10-12(8-18-19-10)7-16-13-3-4-14(17-9-13)20-6-5-15-11(20)2/h3-6,8-9,16H,7H2,1-2H3,(H,18,19). The van der Waals surface area contributed by atoms with Gasteiger partial charge in [0.05, 0.1) is 18.1 Å². The predicted octanol–water partition coefficient (Wildman–Crippen LogP) is 2.22. The average molecular weight is 268 g/mol. The van der Waals surface area contributed by atoms with Crippen LogP contribution in [0.1, 0.15) is 17.1 Å². The van der Waals surface area contributed by atoms with Crippen molar-refractivity contribution in [2.75, 3.05) is 5.32 Å². The van der Waals surface area contributed by atoms with E-state index in [0.717, 1.165) is 35.1 Å². The molecular weight excluding hydrogens is 252 g/mol. The zero-order valence-corrected chi connectivity index (χ0v) is 11.5. The van der Waals surface area contributed by atoms with Crippen molar-refractivity contribution in [3.05, 3.63) is 54.0 Å². The van der Waals surface area contributed by atoms with Crippen molar-refractivity contribution in [2.45, 2.75) is 20.4 Å². The Morgan fingerprint density at radius 3 is 2.70 bits per heavy atom. The van der Waals surface area contributed by atoms with Crippen LogP contribution in [0.2, 0.25) is 0 Å². The van der Waals surface area contributed by atoms with Crippen LogP contribution in [0.5, 0.6) is 0 Å². The van der Waals surface area contributed by atoms with Crippen LogP contribution in [-0.2, 0) is 6.54 Å². The largest absolute Gasteiger partial charge is 0.380 e. The van der Waals surface area contributed by atoms with Gasteiger partial charge in [-0.3, -0.25) is 9.67 Å². The summed E-state index contributed by atoms with van der Waals surface area (Å²) in [7, 11) is 0. The normalized spacial score (nSPS) is 10.7. The van der Waals surface area contributed by atoms with Crippen LogP contribution in [0.4, 0.5) is 5.69 Å². The van der Waals surface area contributed by atoms with Gasteiger partial charge in [0.2, 0.25) is 0 Å². The molecule has 3 heterocycles. The molecule has 0 saturated heterocycles. The topological polar surface area (TPSA) is 71.4 Å². The Hall–Kier alpha value is -2.63. The molecule has 0 spiro atoms. The highest BCUT2D eigenvalue weighted by molar-refractivity contribution is 5.44. The molecule has 0 aromatic carbocycles. The van der Waals surface area contributed by atoms with Gasteiger partial charge in [0.1, 0.15) is 11.6 Å². The van der Waals surface area contributed by atoms with E-state index in [9.17, 15) is 0 Å². The van der Waals surface area contributed by atoms with E-state index in [1.807, 2.05) is 49.1 Å². The van der Waals surface area contributed by atoms with Crippen molar-refractivity contribution >= 4 is 5.69 Å². The Kier molecular flexibility index (Phi) is 3.20. The summed E-state index contributed by atoms with van der Waals surface area (Å²) < 4.78 is 1.95. The number of nitrogens with one attached hydrogen (secondary N) is 2. The van der Waals surface area contributed by atoms with Crippen molar-refractivity contribution in [3.63, 3.8) is 0 Å². The minimum atomic E-state index is 0.730. The number of rotatable bonds is 4. The van der Waals surface area contributed by atoms with Crippen LogP contribution < -0.4 is 5.32 Å². The van der Waals surface area contributed by atoms with Gasteiger partial charge in [0.25, 0.3) is 0 Å². The first-order valence-electron chi connectivity index (χ1n) is 6.43. The van der Waals surface area contributed by atoms with Crippen molar-refractivity contribution in [1.29, 1.82) is 0 Å². The number of hydrogen-bond donors (Lipinski definition) is 2. The Morgan fingerprint density at radius 2 is 2.10 bits per heavy atom. The van der Waals surface area contributed by atoms with Crippen molar-refractivity contribution in [2.24, 2.45) is 0 Å². The molecule has 0 fully saturated rings. The van der Waals surface area contributed by atoms with Crippen LogP contribution >= 0.6 is 0 Å². The zero-order valence-electron chi connectivity index (χ0n) is 11.5. The van der Waals surface area contributed by atoms with E-state index in [1.165, 1.54) is 0 Å². The second-order valence-electron chi connectivity index (χ2n) is 4.62. The third-order valence-corrected chi connectivity index (χ3v) is 3.24. The second kappa shape index (κ2) is 5.16. The summed E-state index contributed by atoms with van der Waals surface area (Å²) in [6.07, 6.45) is 7.33. The Morgan fingerprint density at radius 1 is 1.20 bits per heavy atom. The number of imidazole rings is 1. The summed E-state index contributed by atoms with van der Waals surface area (Å²) >= 11 is 0. The number of H-pyrrole nitrogens is 1. The lowest BCUT2D eigenvalue weighted by Crippen LogP contribution is -2.02. The molecule has 0 saturated carbocycles. The van der Waals surface area contributed by atoms with Gasteiger partial charge >= 0.3 is 0 Å². The quantitative estimate of drug-likeness (QED) is 0.761. The minimum absolute atomic E-state index is 0.730. The third kappa shape index (κ3) is 2.40. The molecule has 0 radical (unpaired) electrons. The van der Waals surface area contributed by atoms with Crippen molar-refractivity contribution in [3.8, 4) is 5.82 Å². The molecule has 0 amide bonds. The van der Waals surface area contributed by atoms with Gasteiger partial charge in [-0.1, -0.05) is 0 Å². The Balaban J connectivity index is 1.71. The maximum absolute atomic E-state index is 4.44. The minimum Gasteiger partial charge on any atom is -0.380 e. The molecule has 3 aromatic heterocycles. The van der Waals surface area contributed by atoms with Crippen LogP contribution in [0, 0.1) is 13.8 Å². The van der Waals surface area contributed by atoms with Crippen molar-refractivity contribution in [1.82, 2.24) is 24.7 Å². The van der Waals surface area contributed by atoms with Gasteiger partial charge in [0, 0.05) is 30.2 Å². The lowest BCUT2D eigenvalue weighted by atomic mass is 10.2. The lowest BCUT2D eigenvalue weighted by Gasteiger charge is -2.07. The molecular formula is C14H16N6. The van der Waals surface area contributed by atoms with Crippen molar-refractivity contribution < 1.29 is 0 Å². The van der Waals surface area contributed by atoms with Crippen LogP contribution in [0.15, 0.2) is 36.9 Å². The van der Waals surface area contributed by atoms with Gasteiger partial charge in [-0.25, -0.2) is 9.97 Å². The van der Waals surface area contributed by atoms with Crippen LogP contribution in [0.3, 0.4) is 0 Å². The molecule has 20 heavy (non-hydrogen) atoms. The number of aromatic amines is 1. The summed E-state index contributed by atoms with van der Waals surface area (Å²) in [6, 6.07) is 3.98. The average Bonchev–Trinajstić information content (AvgIpc) is 3.06. The highest BCUT2D eigenvalue weighted by atomic mass is 15.1. The smallest absolute Gasteiger partial charge is 0.138 e. The summed E-state index contributed by atoms with van der Waals surface area (Å²) in [5.74, 6) is 1.79. The third-order valence-electron chi connectivity index (χ3n) is 3.24. The predicted molar refractivity (Wildman–Crippen MR) is 76.7 cm³/mol. The zero-order chi connectivity index (χ0) is 13.9. The number of aryl methyl sites for hydroxylation is 2. The van der Waals surface area contributed by atoms with E-state index >= 15 is 0 Å². The summed E-state index contributed by atoms with van der Waals surface area (Å²) in [4.78, 5) is 8.63. The molecule has 0 bridgehead atoms. The molecule has 3 rings (SSSR count). The van der Waals surface area contributed by atoms with Gasteiger partial charge in [-0.15, -0.1) is 0 Å². The fourth-order valence-electron chi connectivity index (χ4n) is 2.00.